The van der Waals surface area contributed by atoms with Gasteiger partial charge < -0.3 is 16.0 Å². The SMILES string of the molecule is CCCNC(=O)c1ccc(NC(=O)c2ccccc2Nc2ccccc2)cc1Cl. The predicted octanol–water partition coefficient (Wildman–Crippen LogP) is 5.48. The molecule has 3 rings (SSSR count). The Morgan fingerprint density at radius 2 is 1.55 bits per heavy atom. The maximum atomic E-state index is 12.8. The minimum atomic E-state index is -0.275. The summed E-state index contributed by atoms with van der Waals surface area (Å²) < 4.78 is 0. The van der Waals surface area contributed by atoms with Crippen LogP contribution in [-0.4, -0.2) is 18.4 Å². The molecule has 0 saturated carbocycles. The van der Waals surface area contributed by atoms with Crippen LogP contribution in [0.2, 0.25) is 5.02 Å². The van der Waals surface area contributed by atoms with Crippen molar-refractivity contribution in [3.63, 3.8) is 0 Å². The summed E-state index contributed by atoms with van der Waals surface area (Å²) in [5.41, 5.74) is 2.97. The van der Waals surface area contributed by atoms with Crippen LogP contribution in [0.1, 0.15) is 34.1 Å². The van der Waals surface area contributed by atoms with Gasteiger partial charge in [0.05, 0.1) is 21.8 Å². The van der Waals surface area contributed by atoms with E-state index >= 15 is 0 Å². The molecule has 6 heteroatoms. The quantitative estimate of drug-likeness (QED) is 0.486. The number of carbonyl (C=O) groups excluding carboxylic acids is 2. The maximum Gasteiger partial charge on any atom is 0.257 e. The largest absolute Gasteiger partial charge is 0.355 e. The highest BCUT2D eigenvalue weighted by molar-refractivity contribution is 6.34. The van der Waals surface area contributed by atoms with Crippen molar-refractivity contribution in [2.75, 3.05) is 17.2 Å². The lowest BCUT2D eigenvalue weighted by Crippen LogP contribution is -2.24. The highest BCUT2D eigenvalue weighted by Gasteiger charge is 2.14. The molecule has 0 fully saturated rings. The van der Waals surface area contributed by atoms with Crippen LogP contribution in [0.3, 0.4) is 0 Å². The van der Waals surface area contributed by atoms with E-state index in [4.69, 9.17) is 11.6 Å². The Morgan fingerprint density at radius 3 is 2.28 bits per heavy atom. The van der Waals surface area contributed by atoms with Gasteiger partial charge in [-0.15, -0.1) is 0 Å². The highest BCUT2D eigenvalue weighted by atomic mass is 35.5. The average Bonchev–Trinajstić information content (AvgIpc) is 2.73. The minimum absolute atomic E-state index is 0.230. The Kier molecular flexibility index (Phi) is 6.87. The van der Waals surface area contributed by atoms with Gasteiger partial charge in [0.2, 0.25) is 0 Å². The van der Waals surface area contributed by atoms with Crippen LogP contribution in [0.4, 0.5) is 17.1 Å². The molecule has 3 N–H and O–H groups in total. The smallest absolute Gasteiger partial charge is 0.257 e. The molecule has 0 bridgehead atoms. The second kappa shape index (κ2) is 9.75. The first-order valence-corrected chi connectivity index (χ1v) is 9.76. The van der Waals surface area contributed by atoms with Gasteiger partial charge in [-0.2, -0.15) is 0 Å². The lowest BCUT2D eigenvalue weighted by Gasteiger charge is -2.13. The van der Waals surface area contributed by atoms with Gasteiger partial charge in [0.25, 0.3) is 11.8 Å². The van der Waals surface area contributed by atoms with Crippen molar-refractivity contribution in [3.05, 3.63) is 88.9 Å². The van der Waals surface area contributed by atoms with Gasteiger partial charge in [-0.05, 0) is 48.9 Å². The summed E-state index contributed by atoms with van der Waals surface area (Å²) in [7, 11) is 0. The molecule has 5 nitrogen and oxygen atoms in total. The van der Waals surface area contributed by atoms with E-state index in [1.165, 1.54) is 0 Å². The Bertz CT molecular complexity index is 1010. The van der Waals surface area contributed by atoms with E-state index in [1.807, 2.05) is 49.4 Å². The van der Waals surface area contributed by atoms with E-state index in [-0.39, 0.29) is 16.8 Å². The van der Waals surface area contributed by atoms with Gasteiger partial charge in [-0.3, -0.25) is 9.59 Å². The van der Waals surface area contributed by atoms with Crippen LogP contribution in [-0.2, 0) is 0 Å². The summed E-state index contributed by atoms with van der Waals surface area (Å²) in [5.74, 6) is -0.504. The van der Waals surface area contributed by atoms with Crippen molar-refractivity contribution in [1.82, 2.24) is 5.32 Å². The van der Waals surface area contributed by atoms with Crippen LogP contribution < -0.4 is 16.0 Å². The molecule has 0 saturated heterocycles. The number of rotatable bonds is 7. The van der Waals surface area contributed by atoms with Crippen LogP contribution in [0, 0.1) is 0 Å². The summed E-state index contributed by atoms with van der Waals surface area (Å²) in [6.45, 7) is 2.56. The number of para-hydroxylation sites is 2. The predicted molar refractivity (Wildman–Crippen MR) is 118 cm³/mol. The zero-order chi connectivity index (χ0) is 20.6. The highest BCUT2D eigenvalue weighted by Crippen LogP contribution is 2.24. The van der Waals surface area contributed by atoms with Crippen molar-refractivity contribution in [3.8, 4) is 0 Å². The van der Waals surface area contributed by atoms with Crippen molar-refractivity contribution in [1.29, 1.82) is 0 Å². The van der Waals surface area contributed by atoms with Gasteiger partial charge in [-0.25, -0.2) is 0 Å². The molecule has 29 heavy (non-hydrogen) atoms. The third kappa shape index (κ3) is 5.36. The fourth-order valence-electron chi connectivity index (χ4n) is 2.78. The molecule has 148 valence electrons. The Labute approximate surface area is 175 Å². The molecule has 0 heterocycles. The molecule has 0 unspecified atom stereocenters. The van der Waals surface area contributed by atoms with E-state index < -0.39 is 0 Å². The molecule has 3 aromatic carbocycles. The molecule has 0 aliphatic carbocycles. The fraction of sp³-hybridized carbons (Fsp3) is 0.130. The van der Waals surface area contributed by atoms with Crippen LogP contribution in [0.5, 0.6) is 0 Å². The van der Waals surface area contributed by atoms with Crippen LogP contribution in [0.15, 0.2) is 72.8 Å². The monoisotopic (exact) mass is 407 g/mol. The van der Waals surface area contributed by atoms with Crippen LogP contribution >= 0.6 is 11.6 Å². The second-order valence-corrected chi connectivity index (χ2v) is 6.85. The Morgan fingerprint density at radius 1 is 0.828 bits per heavy atom. The molecule has 0 aromatic heterocycles. The third-order valence-corrected chi connectivity index (χ3v) is 4.54. The van der Waals surface area contributed by atoms with Crippen molar-refractivity contribution < 1.29 is 9.59 Å². The van der Waals surface area contributed by atoms with E-state index in [0.29, 0.717) is 29.0 Å². The number of hydrogen-bond donors (Lipinski definition) is 3. The normalized spacial score (nSPS) is 10.3. The number of amides is 2. The third-order valence-electron chi connectivity index (χ3n) is 4.23. The molecule has 0 aliphatic rings. The molecule has 0 atom stereocenters. The fourth-order valence-corrected chi connectivity index (χ4v) is 3.04. The first-order chi connectivity index (χ1) is 14.1. The average molecular weight is 408 g/mol. The first-order valence-electron chi connectivity index (χ1n) is 9.38. The first kappa shape index (κ1) is 20.4. The van der Waals surface area contributed by atoms with Crippen molar-refractivity contribution >= 4 is 40.5 Å². The molecule has 0 radical (unpaired) electrons. The zero-order valence-corrected chi connectivity index (χ0v) is 16.8. The number of halogens is 1. The van der Waals surface area contributed by atoms with E-state index in [2.05, 4.69) is 16.0 Å². The molecular formula is C23H22ClN3O2. The molecule has 0 spiro atoms. The summed E-state index contributed by atoms with van der Waals surface area (Å²) in [6, 6.07) is 21.7. The Hall–Kier alpha value is -3.31. The zero-order valence-electron chi connectivity index (χ0n) is 16.0. The second-order valence-electron chi connectivity index (χ2n) is 6.44. The molecule has 0 aliphatic heterocycles. The number of benzene rings is 3. The molecule has 2 amide bonds. The summed E-state index contributed by atoms with van der Waals surface area (Å²) in [6.07, 6.45) is 0.841. The summed E-state index contributed by atoms with van der Waals surface area (Å²) in [5, 5.41) is 9.17. The van der Waals surface area contributed by atoms with Gasteiger partial charge >= 0.3 is 0 Å². The summed E-state index contributed by atoms with van der Waals surface area (Å²) >= 11 is 6.25. The van der Waals surface area contributed by atoms with E-state index in [0.717, 1.165) is 12.1 Å². The number of hydrogen-bond acceptors (Lipinski definition) is 3. The lowest BCUT2D eigenvalue weighted by molar-refractivity contribution is 0.0953. The standard InChI is InChI=1S/C23H22ClN3O2/c1-2-14-25-22(28)18-13-12-17(15-20(18)24)27-23(29)19-10-6-7-11-21(19)26-16-8-4-3-5-9-16/h3-13,15,26H,2,14H2,1H3,(H,25,28)(H,27,29). The summed E-state index contributed by atoms with van der Waals surface area (Å²) in [4.78, 5) is 24.9. The van der Waals surface area contributed by atoms with Crippen molar-refractivity contribution in [2.24, 2.45) is 0 Å². The minimum Gasteiger partial charge on any atom is -0.355 e. The van der Waals surface area contributed by atoms with Crippen LogP contribution in [0.25, 0.3) is 0 Å². The van der Waals surface area contributed by atoms with Gasteiger partial charge in [-0.1, -0.05) is 48.9 Å². The van der Waals surface area contributed by atoms with E-state index in [1.54, 1.807) is 30.3 Å². The van der Waals surface area contributed by atoms with Gasteiger partial charge in [0.1, 0.15) is 0 Å². The number of nitrogens with one attached hydrogen (secondary N) is 3. The Balaban J connectivity index is 1.75. The lowest BCUT2D eigenvalue weighted by atomic mass is 10.1. The van der Waals surface area contributed by atoms with Gasteiger partial charge in [0.15, 0.2) is 0 Å². The molecule has 3 aromatic rings. The number of anilines is 3. The van der Waals surface area contributed by atoms with Gasteiger partial charge in [0, 0.05) is 17.9 Å². The number of carbonyl (C=O) groups is 2. The molecular weight excluding hydrogens is 386 g/mol. The maximum absolute atomic E-state index is 12.8. The van der Waals surface area contributed by atoms with E-state index in [9.17, 15) is 9.59 Å². The topological polar surface area (TPSA) is 70.2 Å². The van der Waals surface area contributed by atoms with Crippen molar-refractivity contribution in [2.45, 2.75) is 13.3 Å².